The number of hydrogen-bond donors (Lipinski definition) is 1. The van der Waals surface area contributed by atoms with Crippen molar-refractivity contribution in [3.63, 3.8) is 0 Å². The lowest BCUT2D eigenvalue weighted by Crippen LogP contribution is -2.12. The molecule has 3 rings (SSSR count). The van der Waals surface area contributed by atoms with Gasteiger partial charge < -0.3 is 10.1 Å². The fourth-order valence-corrected chi connectivity index (χ4v) is 3.09. The van der Waals surface area contributed by atoms with Gasteiger partial charge >= 0.3 is 0 Å². The monoisotopic (exact) mass is 379 g/mol. The van der Waals surface area contributed by atoms with Gasteiger partial charge in [-0.05, 0) is 83.4 Å². The number of halogens is 1. The van der Waals surface area contributed by atoms with Crippen LogP contribution in [0.15, 0.2) is 42.5 Å². The Bertz CT molecular complexity index is 594. The summed E-state index contributed by atoms with van der Waals surface area (Å²) < 4.78 is 7.16. The van der Waals surface area contributed by atoms with E-state index in [-0.39, 0.29) is 0 Å². The van der Waals surface area contributed by atoms with E-state index in [1.807, 2.05) is 7.05 Å². The Kier molecular flexibility index (Phi) is 4.27. The summed E-state index contributed by atoms with van der Waals surface area (Å²) in [5.74, 6) is 0.971. The highest BCUT2D eigenvalue weighted by Gasteiger charge is 2.20. The predicted molar refractivity (Wildman–Crippen MR) is 90.1 cm³/mol. The summed E-state index contributed by atoms with van der Waals surface area (Å²) in [6.07, 6.45) is 2.33. The lowest BCUT2D eigenvalue weighted by molar-refractivity contribution is 0.306. The maximum Gasteiger partial charge on any atom is 0.120 e. The van der Waals surface area contributed by atoms with E-state index in [0.29, 0.717) is 12.6 Å². The van der Waals surface area contributed by atoms with Gasteiger partial charge in [0.25, 0.3) is 0 Å². The number of rotatable bonds is 4. The molecular weight excluding hydrogens is 361 g/mol. The van der Waals surface area contributed by atoms with E-state index in [9.17, 15) is 0 Å². The van der Waals surface area contributed by atoms with E-state index in [4.69, 9.17) is 4.74 Å². The van der Waals surface area contributed by atoms with Gasteiger partial charge in [-0.25, -0.2) is 0 Å². The van der Waals surface area contributed by atoms with Gasteiger partial charge in [-0.15, -0.1) is 0 Å². The van der Waals surface area contributed by atoms with Crippen LogP contribution in [0.1, 0.15) is 29.2 Å². The second kappa shape index (κ2) is 6.14. The molecule has 0 bridgehead atoms. The Morgan fingerprint density at radius 1 is 1.20 bits per heavy atom. The zero-order valence-corrected chi connectivity index (χ0v) is 13.7. The molecule has 1 atom stereocenters. The van der Waals surface area contributed by atoms with Crippen LogP contribution in [0.3, 0.4) is 0 Å². The van der Waals surface area contributed by atoms with Crippen LogP contribution in [0.25, 0.3) is 0 Å². The van der Waals surface area contributed by atoms with E-state index in [1.54, 1.807) is 0 Å². The van der Waals surface area contributed by atoms with Crippen LogP contribution in [-0.2, 0) is 13.0 Å². The molecule has 2 aromatic carbocycles. The lowest BCUT2D eigenvalue weighted by atomic mass is 10.1. The standard InChI is InChI=1S/C17H18INO/c1-19-17-9-4-13-10-15(7-8-16(13)17)20-11-12-2-5-14(18)6-3-12/h2-3,5-8,10,17,19H,4,9,11H2,1H3. The molecule has 3 heteroatoms. The van der Waals surface area contributed by atoms with Crippen LogP contribution < -0.4 is 10.1 Å². The highest BCUT2D eigenvalue weighted by molar-refractivity contribution is 14.1. The Morgan fingerprint density at radius 2 is 2.00 bits per heavy atom. The van der Waals surface area contributed by atoms with E-state index in [0.717, 1.165) is 12.2 Å². The Labute approximate surface area is 133 Å². The number of nitrogens with one attached hydrogen (secondary N) is 1. The van der Waals surface area contributed by atoms with E-state index in [2.05, 4.69) is 70.4 Å². The van der Waals surface area contributed by atoms with Gasteiger partial charge in [0.2, 0.25) is 0 Å². The number of aryl methyl sites for hydroxylation is 1. The average Bonchev–Trinajstić information content (AvgIpc) is 2.89. The summed E-state index contributed by atoms with van der Waals surface area (Å²) in [4.78, 5) is 0. The molecule has 2 nitrogen and oxygen atoms in total. The number of hydrogen-bond acceptors (Lipinski definition) is 2. The van der Waals surface area contributed by atoms with Crippen molar-refractivity contribution in [3.05, 3.63) is 62.7 Å². The molecule has 0 spiro atoms. The van der Waals surface area contributed by atoms with Crippen molar-refractivity contribution in [1.29, 1.82) is 0 Å². The van der Waals surface area contributed by atoms with Crippen molar-refractivity contribution in [2.75, 3.05) is 7.05 Å². The third kappa shape index (κ3) is 2.99. The van der Waals surface area contributed by atoms with Crippen LogP contribution in [0, 0.1) is 3.57 Å². The summed E-state index contributed by atoms with van der Waals surface area (Å²) >= 11 is 2.31. The molecule has 1 N–H and O–H groups in total. The topological polar surface area (TPSA) is 21.3 Å². The van der Waals surface area contributed by atoms with Crippen molar-refractivity contribution < 1.29 is 4.74 Å². The smallest absolute Gasteiger partial charge is 0.120 e. The highest BCUT2D eigenvalue weighted by atomic mass is 127. The Balaban J connectivity index is 1.68. The molecule has 1 aliphatic rings. The van der Waals surface area contributed by atoms with Crippen molar-refractivity contribution >= 4 is 22.6 Å². The first-order chi connectivity index (χ1) is 9.76. The Morgan fingerprint density at radius 3 is 2.75 bits per heavy atom. The molecule has 0 saturated carbocycles. The minimum atomic E-state index is 0.509. The SMILES string of the molecule is CNC1CCc2cc(OCc3ccc(I)cc3)ccc21. The number of ether oxygens (including phenoxy) is 1. The number of benzene rings is 2. The fraction of sp³-hybridized carbons (Fsp3) is 0.294. The Hall–Kier alpha value is -1.07. The van der Waals surface area contributed by atoms with Crippen molar-refractivity contribution in [2.45, 2.75) is 25.5 Å². The highest BCUT2D eigenvalue weighted by Crippen LogP contribution is 2.33. The second-order valence-electron chi connectivity index (χ2n) is 5.16. The maximum atomic E-state index is 5.90. The van der Waals surface area contributed by atoms with Gasteiger partial charge in [0.15, 0.2) is 0 Å². The quantitative estimate of drug-likeness (QED) is 0.809. The summed E-state index contributed by atoms with van der Waals surface area (Å²) in [7, 11) is 2.03. The van der Waals surface area contributed by atoms with Crippen LogP contribution in [0.4, 0.5) is 0 Å². The normalized spacial score (nSPS) is 17.0. The fourth-order valence-electron chi connectivity index (χ4n) is 2.73. The molecule has 0 saturated heterocycles. The first-order valence-electron chi connectivity index (χ1n) is 6.93. The summed E-state index contributed by atoms with van der Waals surface area (Å²) in [5.41, 5.74) is 4.05. The van der Waals surface area contributed by atoms with Gasteiger partial charge in [0.1, 0.15) is 12.4 Å². The zero-order chi connectivity index (χ0) is 13.9. The van der Waals surface area contributed by atoms with Gasteiger partial charge in [-0.3, -0.25) is 0 Å². The van der Waals surface area contributed by atoms with Crippen molar-refractivity contribution in [1.82, 2.24) is 5.32 Å². The number of fused-ring (bicyclic) bond motifs is 1. The third-order valence-corrected chi connectivity index (χ3v) is 4.58. The molecule has 0 aliphatic heterocycles. The molecule has 20 heavy (non-hydrogen) atoms. The van der Waals surface area contributed by atoms with E-state index < -0.39 is 0 Å². The molecule has 0 aromatic heterocycles. The van der Waals surface area contributed by atoms with Gasteiger partial charge in [-0.2, -0.15) is 0 Å². The van der Waals surface area contributed by atoms with Crippen molar-refractivity contribution in [3.8, 4) is 5.75 Å². The minimum absolute atomic E-state index is 0.509. The predicted octanol–water partition coefficient (Wildman–Crippen LogP) is 4.08. The van der Waals surface area contributed by atoms with E-state index >= 15 is 0 Å². The molecule has 0 fully saturated rings. The van der Waals surface area contributed by atoms with Crippen LogP contribution >= 0.6 is 22.6 Å². The molecule has 0 amide bonds. The molecule has 0 radical (unpaired) electrons. The lowest BCUT2D eigenvalue weighted by Gasteiger charge is -2.11. The molecule has 104 valence electrons. The molecule has 1 unspecified atom stereocenters. The van der Waals surface area contributed by atoms with Gasteiger partial charge in [-0.1, -0.05) is 18.2 Å². The largest absolute Gasteiger partial charge is 0.489 e. The third-order valence-electron chi connectivity index (χ3n) is 3.86. The van der Waals surface area contributed by atoms with E-state index in [1.165, 1.54) is 26.7 Å². The molecule has 1 aliphatic carbocycles. The zero-order valence-electron chi connectivity index (χ0n) is 11.5. The second-order valence-corrected chi connectivity index (χ2v) is 6.40. The molecular formula is C17H18INO. The summed E-state index contributed by atoms with van der Waals surface area (Å²) in [5, 5.41) is 3.36. The van der Waals surface area contributed by atoms with Crippen LogP contribution in [-0.4, -0.2) is 7.05 Å². The average molecular weight is 379 g/mol. The van der Waals surface area contributed by atoms with Crippen LogP contribution in [0.2, 0.25) is 0 Å². The first kappa shape index (κ1) is 13.9. The molecule has 0 heterocycles. The summed E-state index contributed by atoms with van der Waals surface area (Å²) in [6.45, 7) is 0.630. The molecule has 2 aromatic rings. The maximum absolute atomic E-state index is 5.90. The van der Waals surface area contributed by atoms with Crippen LogP contribution in [0.5, 0.6) is 5.75 Å². The first-order valence-corrected chi connectivity index (χ1v) is 8.01. The minimum Gasteiger partial charge on any atom is -0.489 e. The summed E-state index contributed by atoms with van der Waals surface area (Å²) in [6, 6.07) is 15.4. The van der Waals surface area contributed by atoms with Gasteiger partial charge in [0.05, 0.1) is 0 Å². The van der Waals surface area contributed by atoms with Crippen molar-refractivity contribution in [2.24, 2.45) is 0 Å². The van der Waals surface area contributed by atoms with Gasteiger partial charge in [0, 0.05) is 9.61 Å².